The lowest BCUT2D eigenvalue weighted by atomic mass is 9.86. The van der Waals surface area contributed by atoms with Gasteiger partial charge in [-0.1, -0.05) is 6.07 Å². The molecule has 0 heterocycles. The van der Waals surface area contributed by atoms with Crippen LogP contribution in [-0.2, 0) is 11.2 Å². The maximum Gasteiger partial charge on any atom is 0.224 e. The topological polar surface area (TPSA) is 49.3 Å². The summed E-state index contributed by atoms with van der Waals surface area (Å²) < 4.78 is 25.8. The summed E-state index contributed by atoms with van der Waals surface area (Å²) in [6.45, 7) is 0.204. The van der Waals surface area contributed by atoms with Gasteiger partial charge >= 0.3 is 0 Å². The molecule has 1 aromatic carbocycles. The zero-order valence-corrected chi connectivity index (χ0v) is 11.2. The fourth-order valence-electron chi connectivity index (χ4n) is 2.60. The summed E-state index contributed by atoms with van der Waals surface area (Å²) >= 11 is 0. The van der Waals surface area contributed by atoms with Crippen LogP contribution in [0.3, 0.4) is 0 Å². The van der Waals surface area contributed by atoms with Crippen LogP contribution in [0.15, 0.2) is 18.2 Å². The van der Waals surface area contributed by atoms with Crippen LogP contribution in [0.1, 0.15) is 31.2 Å². The zero-order chi connectivity index (χ0) is 14.5. The van der Waals surface area contributed by atoms with E-state index in [0.29, 0.717) is 11.5 Å². The minimum absolute atomic E-state index is 0.0527. The molecule has 2 rings (SSSR count). The zero-order valence-electron chi connectivity index (χ0n) is 11.2. The Morgan fingerprint density at radius 3 is 2.50 bits per heavy atom. The predicted octanol–water partition coefficient (Wildman–Crippen LogP) is 2.17. The van der Waals surface area contributed by atoms with E-state index in [1.807, 2.05) is 0 Å². The van der Waals surface area contributed by atoms with Crippen LogP contribution in [0.25, 0.3) is 0 Å². The maximum atomic E-state index is 13.0. The normalized spacial score (nSPS) is 22.6. The maximum absolute atomic E-state index is 13.0. The summed E-state index contributed by atoms with van der Waals surface area (Å²) in [6, 6.07) is 3.62. The Kier molecular flexibility index (Phi) is 5.06. The van der Waals surface area contributed by atoms with Crippen molar-refractivity contribution < 1.29 is 18.7 Å². The third-order valence-corrected chi connectivity index (χ3v) is 3.82. The molecule has 3 nitrogen and oxygen atoms in total. The largest absolute Gasteiger partial charge is 0.396 e. The van der Waals surface area contributed by atoms with Crippen LogP contribution in [-0.4, -0.2) is 23.7 Å². The molecule has 0 unspecified atom stereocenters. The Balaban J connectivity index is 1.82. The molecule has 0 atom stereocenters. The van der Waals surface area contributed by atoms with E-state index in [1.54, 1.807) is 0 Å². The molecular formula is C15H19F2NO2. The molecule has 5 heteroatoms. The SMILES string of the molecule is O=C(Cc1ccc(F)c(F)c1)NC1CCC(CO)CC1. The van der Waals surface area contributed by atoms with E-state index < -0.39 is 11.6 Å². The highest BCUT2D eigenvalue weighted by molar-refractivity contribution is 5.78. The van der Waals surface area contributed by atoms with Crippen LogP contribution in [0.2, 0.25) is 0 Å². The van der Waals surface area contributed by atoms with Crippen LogP contribution in [0, 0.1) is 17.6 Å². The van der Waals surface area contributed by atoms with Crippen LogP contribution in [0.5, 0.6) is 0 Å². The van der Waals surface area contributed by atoms with E-state index in [4.69, 9.17) is 5.11 Å². The second-order valence-corrected chi connectivity index (χ2v) is 5.39. The van der Waals surface area contributed by atoms with E-state index in [-0.39, 0.29) is 25.0 Å². The molecule has 1 fully saturated rings. The molecule has 0 radical (unpaired) electrons. The van der Waals surface area contributed by atoms with Gasteiger partial charge in [-0.05, 0) is 49.3 Å². The first-order chi connectivity index (χ1) is 9.58. The van der Waals surface area contributed by atoms with Crippen molar-refractivity contribution in [2.45, 2.75) is 38.1 Å². The van der Waals surface area contributed by atoms with Gasteiger partial charge in [-0.15, -0.1) is 0 Å². The van der Waals surface area contributed by atoms with Crippen molar-refractivity contribution in [1.82, 2.24) is 5.32 Å². The molecule has 1 amide bonds. The number of amides is 1. The van der Waals surface area contributed by atoms with Crippen LogP contribution < -0.4 is 5.32 Å². The smallest absolute Gasteiger partial charge is 0.224 e. The monoisotopic (exact) mass is 283 g/mol. The van der Waals surface area contributed by atoms with Crippen LogP contribution in [0.4, 0.5) is 8.78 Å². The van der Waals surface area contributed by atoms with Gasteiger partial charge in [-0.25, -0.2) is 8.78 Å². The summed E-state index contributed by atoms with van der Waals surface area (Å²) in [5, 5.41) is 12.0. The molecule has 0 aromatic heterocycles. The molecule has 0 spiro atoms. The molecule has 1 aliphatic rings. The summed E-state index contributed by atoms with van der Waals surface area (Å²) in [5.41, 5.74) is 0.463. The number of nitrogens with one attached hydrogen (secondary N) is 1. The van der Waals surface area contributed by atoms with Crippen molar-refractivity contribution in [3.8, 4) is 0 Å². The van der Waals surface area contributed by atoms with Crippen LogP contribution >= 0.6 is 0 Å². The van der Waals surface area contributed by atoms with E-state index in [2.05, 4.69) is 5.32 Å². The van der Waals surface area contributed by atoms with Gasteiger partial charge in [0.2, 0.25) is 5.91 Å². The Labute approximate surface area is 117 Å². The van der Waals surface area contributed by atoms with Gasteiger partial charge in [0, 0.05) is 12.6 Å². The highest BCUT2D eigenvalue weighted by Gasteiger charge is 2.21. The van der Waals surface area contributed by atoms with Gasteiger partial charge in [0.25, 0.3) is 0 Å². The van der Waals surface area contributed by atoms with Crippen molar-refractivity contribution in [3.63, 3.8) is 0 Å². The number of rotatable bonds is 4. The summed E-state index contributed by atoms with van der Waals surface area (Å²) in [7, 11) is 0. The van der Waals surface area contributed by atoms with E-state index in [9.17, 15) is 13.6 Å². The van der Waals surface area contributed by atoms with E-state index in [0.717, 1.165) is 37.8 Å². The first-order valence-electron chi connectivity index (χ1n) is 6.92. The van der Waals surface area contributed by atoms with Gasteiger partial charge in [0.05, 0.1) is 6.42 Å². The summed E-state index contributed by atoms with van der Waals surface area (Å²) in [4.78, 5) is 11.9. The number of carbonyl (C=O) groups excluding carboxylic acids is 1. The standard InChI is InChI=1S/C15H19F2NO2/c16-13-6-3-11(7-14(13)17)8-15(20)18-12-4-1-10(9-19)2-5-12/h3,6-7,10,12,19H,1-2,4-5,8-9H2,(H,18,20). The fourth-order valence-corrected chi connectivity index (χ4v) is 2.60. The quantitative estimate of drug-likeness (QED) is 0.889. The van der Waals surface area contributed by atoms with Gasteiger partial charge in [-0.3, -0.25) is 4.79 Å². The second kappa shape index (κ2) is 6.79. The third-order valence-electron chi connectivity index (χ3n) is 3.82. The first-order valence-corrected chi connectivity index (χ1v) is 6.92. The number of hydrogen-bond donors (Lipinski definition) is 2. The van der Waals surface area contributed by atoms with Crippen molar-refractivity contribution in [3.05, 3.63) is 35.4 Å². The average molecular weight is 283 g/mol. The highest BCUT2D eigenvalue weighted by Crippen LogP contribution is 2.23. The second-order valence-electron chi connectivity index (χ2n) is 5.39. The third kappa shape index (κ3) is 4.00. The predicted molar refractivity (Wildman–Crippen MR) is 71.0 cm³/mol. The Hall–Kier alpha value is -1.49. The molecule has 0 bridgehead atoms. The number of aliphatic hydroxyl groups excluding tert-OH is 1. The molecular weight excluding hydrogens is 264 g/mol. The average Bonchev–Trinajstić information content (AvgIpc) is 2.44. The lowest BCUT2D eigenvalue weighted by Gasteiger charge is -2.28. The molecule has 110 valence electrons. The van der Waals surface area contributed by atoms with Crippen molar-refractivity contribution in [2.75, 3.05) is 6.61 Å². The lowest BCUT2D eigenvalue weighted by Crippen LogP contribution is -2.38. The fraction of sp³-hybridized carbons (Fsp3) is 0.533. The Morgan fingerprint density at radius 1 is 1.20 bits per heavy atom. The number of carbonyl (C=O) groups is 1. The van der Waals surface area contributed by atoms with Gasteiger partial charge < -0.3 is 10.4 Å². The Bertz CT molecular complexity index is 471. The minimum atomic E-state index is -0.932. The summed E-state index contributed by atoms with van der Waals surface area (Å²) in [5.74, 6) is -1.67. The van der Waals surface area contributed by atoms with Gasteiger partial charge in [-0.2, -0.15) is 0 Å². The van der Waals surface area contributed by atoms with E-state index in [1.165, 1.54) is 6.07 Å². The number of halogens is 2. The molecule has 20 heavy (non-hydrogen) atoms. The molecule has 1 saturated carbocycles. The molecule has 2 N–H and O–H groups in total. The highest BCUT2D eigenvalue weighted by atomic mass is 19.2. The molecule has 0 aliphatic heterocycles. The number of hydrogen-bond acceptors (Lipinski definition) is 2. The van der Waals surface area contributed by atoms with Gasteiger partial charge in [0.15, 0.2) is 11.6 Å². The van der Waals surface area contributed by atoms with Gasteiger partial charge in [0.1, 0.15) is 0 Å². The minimum Gasteiger partial charge on any atom is -0.396 e. The van der Waals surface area contributed by atoms with Crippen molar-refractivity contribution >= 4 is 5.91 Å². The summed E-state index contributed by atoms with van der Waals surface area (Å²) in [6.07, 6.45) is 3.58. The number of aliphatic hydroxyl groups is 1. The number of benzene rings is 1. The lowest BCUT2D eigenvalue weighted by molar-refractivity contribution is -0.121. The molecule has 1 aromatic rings. The first kappa shape index (κ1) is 14.9. The van der Waals surface area contributed by atoms with E-state index >= 15 is 0 Å². The van der Waals surface area contributed by atoms with Crippen molar-refractivity contribution in [1.29, 1.82) is 0 Å². The van der Waals surface area contributed by atoms with Crippen molar-refractivity contribution in [2.24, 2.45) is 5.92 Å². The Morgan fingerprint density at radius 2 is 1.90 bits per heavy atom. The molecule has 1 aliphatic carbocycles. The molecule has 0 saturated heterocycles.